The zero-order chi connectivity index (χ0) is 13.1. The number of aromatic amines is 1. The lowest BCUT2D eigenvalue weighted by atomic mass is 10.3. The molecule has 2 aromatic heterocycles. The Morgan fingerprint density at radius 3 is 3.05 bits per heavy atom. The van der Waals surface area contributed by atoms with Gasteiger partial charge < -0.3 is 14.1 Å². The molecule has 0 radical (unpaired) electrons. The third-order valence-corrected chi connectivity index (χ3v) is 2.66. The van der Waals surface area contributed by atoms with Crippen molar-refractivity contribution >= 4 is 23.2 Å². The number of aliphatic imine (C=N–C) groups is 1. The van der Waals surface area contributed by atoms with Gasteiger partial charge in [0.25, 0.3) is 0 Å². The van der Waals surface area contributed by atoms with Gasteiger partial charge in [-0.1, -0.05) is 12.1 Å². The Hall–Kier alpha value is -2.40. The summed E-state index contributed by atoms with van der Waals surface area (Å²) in [5.41, 5.74) is 1.86. The predicted molar refractivity (Wildman–Crippen MR) is 72.8 cm³/mol. The van der Waals surface area contributed by atoms with Gasteiger partial charge >= 0.3 is 0 Å². The van der Waals surface area contributed by atoms with Gasteiger partial charge in [-0.05, 0) is 24.3 Å². The minimum absolute atomic E-state index is 0.457. The highest BCUT2D eigenvalue weighted by atomic mass is 16.5. The molecule has 0 bridgehead atoms. The number of para-hydroxylation sites is 2. The standard InChI is InChI=1S/C14H13N3O2/c1-18-9-11-7-6-10(19-11)8-15-14-16-12-4-2-3-5-13(12)17-14/h2-8H,9H2,1H3,(H,16,17). The molecule has 0 aliphatic rings. The maximum absolute atomic E-state index is 5.50. The number of nitrogens with one attached hydrogen (secondary N) is 1. The van der Waals surface area contributed by atoms with Crippen LogP contribution in [0.1, 0.15) is 11.5 Å². The van der Waals surface area contributed by atoms with E-state index in [1.165, 1.54) is 0 Å². The Morgan fingerprint density at radius 1 is 1.32 bits per heavy atom. The van der Waals surface area contributed by atoms with Crippen LogP contribution in [0.3, 0.4) is 0 Å². The molecule has 5 heteroatoms. The number of benzene rings is 1. The topological polar surface area (TPSA) is 63.4 Å². The predicted octanol–water partition coefficient (Wildman–Crippen LogP) is 3.05. The summed E-state index contributed by atoms with van der Waals surface area (Å²) in [6.45, 7) is 0.457. The number of furan rings is 1. The number of aromatic nitrogens is 2. The van der Waals surface area contributed by atoms with Crippen LogP contribution >= 0.6 is 0 Å². The normalized spacial score (nSPS) is 11.6. The van der Waals surface area contributed by atoms with E-state index in [0.717, 1.165) is 16.8 Å². The Bertz CT molecular complexity index is 679. The third kappa shape index (κ3) is 2.56. The van der Waals surface area contributed by atoms with Crippen LogP contribution in [-0.4, -0.2) is 23.3 Å². The molecule has 0 atom stereocenters. The van der Waals surface area contributed by atoms with Gasteiger partial charge in [0.15, 0.2) is 0 Å². The molecule has 1 aromatic carbocycles. The second-order valence-corrected chi connectivity index (χ2v) is 4.07. The average molecular weight is 255 g/mol. The molecule has 2 heterocycles. The van der Waals surface area contributed by atoms with E-state index < -0.39 is 0 Å². The zero-order valence-corrected chi connectivity index (χ0v) is 10.5. The molecule has 0 spiro atoms. The van der Waals surface area contributed by atoms with Gasteiger partial charge in [0.2, 0.25) is 5.95 Å². The van der Waals surface area contributed by atoms with Crippen LogP contribution in [0.4, 0.5) is 5.95 Å². The van der Waals surface area contributed by atoms with E-state index in [-0.39, 0.29) is 0 Å². The fourth-order valence-electron chi connectivity index (χ4n) is 1.81. The van der Waals surface area contributed by atoms with Crippen LogP contribution < -0.4 is 0 Å². The number of ether oxygens (including phenoxy) is 1. The van der Waals surface area contributed by atoms with Crippen molar-refractivity contribution < 1.29 is 9.15 Å². The van der Waals surface area contributed by atoms with Crippen molar-refractivity contribution in [2.45, 2.75) is 6.61 Å². The number of nitrogens with zero attached hydrogens (tertiary/aromatic N) is 2. The van der Waals surface area contributed by atoms with Crippen LogP contribution in [0.25, 0.3) is 11.0 Å². The molecular formula is C14H13N3O2. The van der Waals surface area contributed by atoms with Gasteiger partial charge in [0, 0.05) is 7.11 Å². The third-order valence-electron chi connectivity index (χ3n) is 2.66. The molecule has 0 saturated heterocycles. The van der Waals surface area contributed by atoms with E-state index in [1.807, 2.05) is 36.4 Å². The van der Waals surface area contributed by atoms with E-state index in [4.69, 9.17) is 9.15 Å². The Morgan fingerprint density at radius 2 is 2.21 bits per heavy atom. The Balaban J connectivity index is 1.80. The van der Waals surface area contributed by atoms with Gasteiger partial charge in [-0.2, -0.15) is 0 Å². The molecule has 0 aliphatic heterocycles. The van der Waals surface area contributed by atoms with Gasteiger partial charge in [0.05, 0.1) is 17.2 Å². The lowest BCUT2D eigenvalue weighted by Gasteiger charge is -1.91. The van der Waals surface area contributed by atoms with Crippen molar-refractivity contribution in [1.29, 1.82) is 0 Å². The van der Waals surface area contributed by atoms with E-state index in [2.05, 4.69) is 15.0 Å². The summed E-state index contributed by atoms with van der Waals surface area (Å²) < 4.78 is 10.5. The van der Waals surface area contributed by atoms with Crippen molar-refractivity contribution in [3.8, 4) is 0 Å². The highest BCUT2D eigenvalue weighted by Crippen LogP contribution is 2.15. The summed E-state index contributed by atoms with van der Waals surface area (Å²) in [6.07, 6.45) is 1.64. The van der Waals surface area contributed by atoms with Crippen molar-refractivity contribution in [2.75, 3.05) is 7.11 Å². The molecule has 96 valence electrons. The molecule has 0 saturated carbocycles. The average Bonchev–Trinajstić information content (AvgIpc) is 3.02. The molecule has 5 nitrogen and oxygen atoms in total. The van der Waals surface area contributed by atoms with Crippen LogP contribution in [0.2, 0.25) is 0 Å². The van der Waals surface area contributed by atoms with Crippen molar-refractivity contribution in [3.63, 3.8) is 0 Å². The molecule has 0 amide bonds. The first-order valence-electron chi connectivity index (χ1n) is 5.91. The second-order valence-electron chi connectivity index (χ2n) is 4.07. The fourth-order valence-corrected chi connectivity index (χ4v) is 1.81. The molecular weight excluding hydrogens is 242 g/mol. The van der Waals surface area contributed by atoms with E-state index in [1.54, 1.807) is 13.3 Å². The maximum Gasteiger partial charge on any atom is 0.227 e. The van der Waals surface area contributed by atoms with Gasteiger partial charge in [-0.25, -0.2) is 9.98 Å². The minimum Gasteiger partial charge on any atom is -0.458 e. The first kappa shape index (κ1) is 11.7. The molecule has 0 fully saturated rings. The molecule has 1 N–H and O–H groups in total. The molecule has 3 rings (SSSR count). The summed E-state index contributed by atoms with van der Waals surface area (Å²) in [5, 5.41) is 0. The first-order chi connectivity index (χ1) is 9.35. The lowest BCUT2D eigenvalue weighted by Crippen LogP contribution is -1.82. The number of methoxy groups -OCH3 is 1. The van der Waals surface area contributed by atoms with E-state index >= 15 is 0 Å². The van der Waals surface area contributed by atoms with Crippen molar-refractivity contribution in [3.05, 3.63) is 47.9 Å². The second kappa shape index (κ2) is 5.07. The number of hydrogen-bond acceptors (Lipinski definition) is 4. The quantitative estimate of drug-likeness (QED) is 0.729. The molecule has 19 heavy (non-hydrogen) atoms. The zero-order valence-electron chi connectivity index (χ0n) is 10.5. The SMILES string of the molecule is COCc1ccc(C=Nc2nc3ccccc3[nH]2)o1. The maximum atomic E-state index is 5.50. The van der Waals surface area contributed by atoms with Crippen LogP contribution in [0, 0.1) is 0 Å². The number of H-pyrrole nitrogens is 1. The van der Waals surface area contributed by atoms with Gasteiger partial charge in [-0.3, -0.25) is 0 Å². The number of fused-ring (bicyclic) bond motifs is 1. The summed E-state index contributed by atoms with van der Waals surface area (Å²) >= 11 is 0. The smallest absolute Gasteiger partial charge is 0.227 e. The molecule has 3 aromatic rings. The Kier molecular flexibility index (Phi) is 3.12. The van der Waals surface area contributed by atoms with Crippen molar-refractivity contribution in [1.82, 2.24) is 9.97 Å². The summed E-state index contributed by atoms with van der Waals surface area (Å²) in [5.74, 6) is 2.01. The summed E-state index contributed by atoms with van der Waals surface area (Å²) in [7, 11) is 1.63. The van der Waals surface area contributed by atoms with Crippen LogP contribution in [-0.2, 0) is 11.3 Å². The fraction of sp³-hybridized carbons (Fsp3) is 0.143. The summed E-state index contributed by atoms with van der Waals surface area (Å²) in [4.78, 5) is 11.7. The Labute approximate surface area is 109 Å². The van der Waals surface area contributed by atoms with Crippen LogP contribution in [0.5, 0.6) is 0 Å². The highest BCUT2D eigenvalue weighted by Gasteiger charge is 2.01. The minimum atomic E-state index is 0.457. The summed E-state index contributed by atoms with van der Waals surface area (Å²) in [6, 6.07) is 11.5. The first-order valence-corrected chi connectivity index (χ1v) is 5.91. The highest BCUT2D eigenvalue weighted by molar-refractivity contribution is 5.81. The van der Waals surface area contributed by atoms with Crippen molar-refractivity contribution in [2.24, 2.45) is 4.99 Å². The number of hydrogen-bond donors (Lipinski definition) is 1. The van der Waals surface area contributed by atoms with Gasteiger partial charge in [0.1, 0.15) is 18.1 Å². The van der Waals surface area contributed by atoms with Crippen LogP contribution in [0.15, 0.2) is 45.8 Å². The van der Waals surface area contributed by atoms with E-state index in [9.17, 15) is 0 Å². The lowest BCUT2D eigenvalue weighted by molar-refractivity contribution is 0.164. The van der Waals surface area contributed by atoms with Gasteiger partial charge in [-0.15, -0.1) is 0 Å². The number of rotatable bonds is 4. The van der Waals surface area contributed by atoms with E-state index in [0.29, 0.717) is 18.3 Å². The molecule has 0 unspecified atom stereocenters. The number of imidazole rings is 1. The molecule has 0 aliphatic carbocycles. The monoisotopic (exact) mass is 255 g/mol. The largest absolute Gasteiger partial charge is 0.458 e.